The van der Waals surface area contributed by atoms with E-state index in [0.29, 0.717) is 12.6 Å². The molecule has 0 bridgehead atoms. The molecule has 0 radical (unpaired) electrons. The van der Waals surface area contributed by atoms with Gasteiger partial charge < -0.3 is 10.4 Å². The van der Waals surface area contributed by atoms with Crippen molar-refractivity contribution in [2.75, 3.05) is 6.54 Å². The SMILES string of the molecule is CCC(C)(O)CNC(c1cccs1)C1CCCC1. The van der Waals surface area contributed by atoms with Gasteiger partial charge in [0, 0.05) is 17.5 Å². The van der Waals surface area contributed by atoms with Gasteiger partial charge in [0.1, 0.15) is 0 Å². The summed E-state index contributed by atoms with van der Waals surface area (Å²) >= 11 is 1.83. The van der Waals surface area contributed by atoms with Crippen LogP contribution in [0.4, 0.5) is 0 Å². The molecule has 1 fully saturated rings. The molecule has 0 amide bonds. The molecule has 2 atom stereocenters. The molecule has 1 aromatic rings. The first-order valence-corrected chi connectivity index (χ1v) is 7.99. The minimum absolute atomic E-state index is 0.436. The maximum absolute atomic E-state index is 10.2. The molecule has 102 valence electrons. The van der Waals surface area contributed by atoms with E-state index in [1.807, 2.05) is 25.2 Å². The number of hydrogen-bond donors (Lipinski definition) is 2. The van der Waals surface area contributed by atoms with E-state index < -0.39 is 5.60 Å². The molecule has 1 saturated carbocycles. The Morgan fingerprint density at radius 3 is 2.78 bits per heavy atom. The summed E-state index contributed by atoms with van der Waals surface area (Å²) < 4.78 is 0. The van der Waals surface area contributed by atoms with Crippen LogP contribution in [0, 0.1) is 5.92 Å². The van der Waals surface area contributed by atoms with Gasteiger partial charge in [-0.05, 0) is 43.6 Å². The van der Waals surface area contributed by atoms with Gasteiger partial charge in [0.15, 0.2) is 0 Å². The largest absolute Gasteiger partial charge is 0.389 e. The van der Waals surface area contributed by atoms with Crippen molar-refractivity contribution in [3.05, 3.63) is 22.4 Å². The summed E-state index contributed by atoms with van der Waals surface area (Å²) in [4.78, 5) is 1.42. The van der Waals surface area contributed by atoms with Crippen molar-refractivity contribution in [1.29, 1.82) is 0 Å². The van der Waals surface area contributed by atoms with E-state index in [-0.39, 0.29) is 0 Å². The number of rotatable bonds is 6. The predicted octanol–water partition coefficient (Wildman–Crippen LogP) is 3.73. The molecule has 1 heterocycles. The third-order valence-corrected chi connectivity index (χ3v) is 5.14. The van der Waals surface area contributed by atoms with E-state index in [2.05, 4.69) is 22.8 Å². The van der Waals surface area contributed by atoms with E-state index >= 15 is 0 Å². The number of aliphatic hydroxyl groups is 1. The van der Waals surface area contributed by atoms with Crippen LogP contribution in [0.5, 0.6) is 0 Å². The molecular formula is C15H25NOS. The molecule has 0 spiro atoms. The third-order valence-electron chi connectivity index (χ3n) is 4.19. The molecule has 2 N–H and O–H groups in total. The topological polar surface area (TPSA) is 32.3 Å². The Hall–Kier alpha value is -0.380. The lowest BCUT2D eigenvalue weighted by molar-refractivity contribution is 0.0505. The molecule has 0 aliphatic heterocycles. The maximum Gasteiger partial charge on any atom is 0.0741 e. The van der Waals surface area contributed by atoms with Gasteiger partial charge in [0.05, 0.1) is 5.60 Å². The van der Waals surface area contributed by atoms with Crippen LogP contribution in [0.3, 0.4) is 0 Å². The zero-order valence-corrected chi connectivity index (χ0v) is 12.3. The summed E-state index contributed by atoms with van der Waals surface area (Å²) in [5.41, 5.74) is -0.589. The Balaban J connectivity index is 2.01. The van der Waals surface area contributed by atoms with Gasteiger partial charge in [-0.25, -0.2) is 0 Å². The van der Waals surface area contributed by atoms with Gasteiger partial charge in [-0.2, -0.15) is 0 Å². The molecule has 2 nitrogen and oxygen atoms in total. The standard InChI is InChI=1S/C15H25NOS/c1-3-15(2,17)11-16-14(12-7-4-5-8-12)13-9-6-10-18-13/h6,9-10,12,14,16-17H,3-5,7-8,11H2,1-2H3. The van der Waals surface area contributed by atoms with E-state index in [1.54, 1.807) is 0 Å². The molecule has 18 heavy (non-hydrogen) atoms. The second kappa shape index (κ2) is 6.18. The van der Waals surface area contributed by atoms with Crippen molar-refractivity contribution in [3.63, 3.8) is 0 Å². The monoisotopic (exact) mass is 267 g/mol. The van der Waals surface area contributed by atoms with Crippen LogP contribution in [0.2, 0.25) is 0 Å². The molecule has 0 aromatic carbocycles. The summed E-state index contributed by atoms with van der Waals surface area (Å²) in [6, 6.07) is 4.79. The van der Waals surface area contributed by atoms with Gasteiger partial charge >= 0.3 is 0 Å². The highest BCUT2D eigenvalue weighted by molar-refractivity contribution is 7.10. The van der Waals surface area contributed by atoms with E-state index in [0.717, 1.165) is 12.3 Å². The summed E-state index contributed by atoms with van der Waals surface area (Å²) in [5, 5.41) is 15.9. The van der Waals surface area contributed by atoms with Crippen LogP contribution < -0.4 is 5.32 Å². The summed E-state index contributed by atoms with van der Waals surface area (Å²) in [5.74, 6) is 0.747. The van der Waals surface area contributed by atoms with Crippen LogP contribution in [0.25, 0.3) is 0 Å². The minimum atomic E-state index is -0.589. The fraction of sp³-hybridized carbons (Fsp3) is 0.733. The average Bonchev–Trinajstić information content (AvgIpc) is 3.01. The van der Waals surface area contributed by atoms with Crippen LogP contribution in [-0.2, 0) is 0 Å². The lowest BCUT2D eigenvalue weighted by Gasteiger charge is -2.29. The molecule has 1 aromatic heterocycles. The number of hydrogen-bond acceptors (Lipinski definition) is 3. The van der Waals surface area contributed by atoms with Gasteiger partial charge in [0.2, 0.25) is 0 Å². The lowest BCUT2D eigenvalue weighted by Crippen LogP contribution is -2.40. The third kappa shape index (κ3) is 3.56. The highest BCUT2D eigenvalue weighted by Crippen LogP contribution is 2.37. The minimum Gasteiger partial charge on any atom is -0.389 e. The van der Waals surface area contributed by atoms with E-state index in [1.165, 1.54) is 30.6 Å². The Bertz CT molecular complexity index is 341. The van der Waals surface area contributed by atoms with Crippen molar-refractivity contribution >= 4 is 11.3 Å². The van der Waals surface area contributed by atoms with Crippen LogP contribution in [0.1, 0.15) is 56.9 Å². The first-order valence-electron chi connectivity index (χ1n) is 7.11. The highest BCUT2D eigenvalue weighted by atomic mass is 32.1. The van der Waals surface area contributed by atoms with Gasteiger partial charge in [-0.1, -0.05) is 25.8 Å². The van der Waals surface area contributed by atoms with Crippen molar-refractivity contribution in [2.24, 2.45) is 5.92 Å². The molecule has 2 unspecified atom stereocenters. The molecule has 1 aliphatic carbocycles. The molecule has 0 saturated heterocycles. The van der Waals surface area contributed by atoms with Crippen molar-refractivity contribution < 1.29 is 5.11 Å². The first-order chi connectivity index (χ1) is 8.62. The predicted molar refractivity (Wildman–Crippen MR) is 77.9 cm³/mol. The Labute approximate surface area is 114 Å². The lowest BCUT2D eigenvalue weighted by atomic mass is 9.95. The molecular weight excluding hydrogens is 242 g/mol. The average molecular weight is 267 g/mol. The maximum atomic E-state index is 10.2. The van der Waals surface area contributed by atoms with Gasteiger partial charge in [-0.15, -0.1) is 11.3 Å². The Kier molecular flexibility index (Phi) is 4.82. The Morgan fingerprint density at radius 1 is 1.50 bits per heavy atom. The number of thiophene rings is 1. The summed E-state index contributed by atoms with van der Waals surface area (Å²) in [6.45, 7) is 4.64. The summed E-state index contributed by atoms with van der Waals surface area (Å²) in [7, 11) is 0. The van der Waals surface area contributed by atoms with Crippen LogP contribution in [-0.4, -0.2) is 17.3 Å². The zero-order chi connectivity index (χ0) is 13.0. The van der Waals surface area contributed by atoms with Crippen molar-refractivity contribution in [1.82, 2.24) is 5.32 Å². The molecule has 3 heteroatoms. The quantitative estimate of drug-likeness (QED) is 0.823. The van der Waals surface area contributed by atoms with Crippen LogP contribution in [0.15, 0.2) is 17.5 Å². The number of nitrogens with one attached hydrogen (secondary N) is 1. The fourth-order valence-corrected chi connectivity index (χ4v) is 3.61. The normalized spacial score (nSPS) is 21.9. The second-order valence-corrected chi connectivity index (χ2v) is 6.75. The van der Waals surface area contributed by atoms with E-state index in [9.17, 15) is 5.11 Å². The first kappa shape index (κ1) is 14.0. The van der Waals surface area contributed by atoms with Crippen LogP contribution >= 0.6 is 11.3 Å². The summed E-state index contributed by atoms with van der Waals surface area (Å²) in [6.07, 6.45) is 6.16. The zero-order valence-electron chi connectivity index (χ0n) is 11.5. The smallest absolute Gasteiger partial charge is 0.0741 e. The molecule has 2 rings (SSSR count). The molecule has 1 aliphatic rings. The van der Waals surface area contributed by atoms with Gasteiger partial charge in [-0.3, -0.25) is 0 Å². The van der Waals surface area contributed by atoms with Crippen molar-refractivity contribution in [3.8, 4) is 0 Å². The highest BCUT2D eigenvalue weighted by Gasteiger charge is 2.28. The van der Waals surface area contributed by atoms with E-state index in [4.69, 9.17) is 0 Å². The van der Waals surface area contributed by atoms with Crippen molar-refractivity contribution in [2.45, 2.75) is 57.6 Å². The fourth-order valence-electron chi connectivity index (χ4n) is 2.71. The van der Waals surface area contributed by atoms with Gasteiger partial charge in [0.25, 0.3) is 0 Å². The Morgan fingerprint density at radius 2 is 2.22 bits per heavy atom. The second-order valence-electron chi connectivity index (χ2n) is 5.77.